The summed E-state index contributed by atoms with van der Waals surface area (Å²) in [5.74, 6) is -1.08. The Morgan fingerprint density at radius 2 is 1.80 bits per heavy atom. The van der Waals surface area contributed by atoms with Gasteiger partial charge >= 0.3 is 5.97 Å². The summed E-state index contributed by atoms with van der Waals surface area (Å²) < 4.78 is 29.8. The van der Waals surface area contributed by atoms with Gasteiger partial charge < -0.3 is 24.4 Å². The molecular formula is C22H24FNO6. The second-order valence-electron chi connectivity index (χ2n) is 6.89. The average molecular weight is 417 g/mol. The summed E-state index contributed by atoms with van der Waals surface area (Å²) in [5.41, 5.74) is 0.634. The van der Waals surface area contributed by atoms with Gasteiger partial charge in [0.05, 0.1) is 11.7 Å². The molecule has 2 unspecified atom stereocenters. The summed E-state index contributed by atoms with van der Waals surface area (Å²) in [6.45, 7) is 3.33. The molecular weight excluding hydrogens is 393 g/mol. The third-order valence-corrected chi connectivity index (χ3v) is 3.98. The minimum absolute atomic E-state index is 0.0763. The summed E-state index contributed by atoms with van der Waals surface area (Å²) in [6.07, 6.45) is -1.98. The van der Waals surface area contributed by atoms with Crippen molar-refractivity contribution in [3.05, 3.63) is 59.4 Å². The Bertz CT molecular complexity index is 895. The number of carbonyl (C=O) groups is 1. The predicted octanol–water partition coefficient (Wildman–Crippen LogP) is 2.94. The van der Waals surface area contributed by atoms with E-state index in [4.69, 9.17) is 19.5 Å². The van der Waals surface area contributed by atoms with Crippen molar-refractivity contribution in [2.75, 3.05) is 13.2 Å². The molecule has 0 saturated heterocycles. The Labute approximate surface area is 174 Å². The molecule has 2 rings (SSSR count). The molecule has 7 nitrogen and oxygen atoms in total. The molecule has 0 radical (unpaired) electrons. The van der Waals surface area contributed by atoms with E-state index in [-0.39, 0.29) is 37.1 Å². The number of rotatable bonds is 11. The number of ether oxygens (including phenoxy) is 3. The van der Waals surface area contributed by atoms with Gasteiger partial charge in [0.25, 0.3) is 0 Å². The number of aliphatic hydroxyl groups excluding tert-OH is 1. The van der Waals surface area contributed by atoms with E-state index in [0.29, 0.717) is 5.75 Å². The standard InChI is InChI=1S/C22H24FNO6/c1-14(2)30-21(22(26)27)9-15-4-3-5-18(8-15)28-12-17(25)13-29-19-7-6-16(11-24)20(23)10-19/h3-8,10,14,17,21,25H,9,12-13H2,1-2H3,(H,26,27). The molecule has 8 heteroatoms. The van der Waals surface area contributed by atoms with Crippen LogP contribution >= 0.6 is 0 Å². The molecule has 0 amide bonds. The van der Waals surface area contributed by atoms with Crippen LogP contribution in [0.1, 0.15) is 25.0 Å². The van der Waals surface area contributed by atoms with Crippen molar-refractivity contribution in [2.24, 2.45) is 0 Å². The smallest absolute Gasteiger partial charge is 0.333 e. The normalized spacial score (nSPS) is 12.8. The first-order chi connectivity index (χ1) is 14.3. The molecule has 160 valence electrons. The fourth-order valence-corrected chi connectivity index (χ4v) is 2.61. The van der Waals surface area contributed by atoms with Crippen LogP contribution in [0.3, 0.4) is 0 Å². The summed E-state index contributed by atoms with van der Waals surface area (Å²) in [5, 5.41) is 28.0. The van der Waals surface area contributed by atoms with Crippen LogP contribution < -0.4 is 9.47 Å². The summed E-state index contributed by atoms with van der Waals surface area (Å²) in [6, 6.07) is 12.4. The highest BCUT2D eigenvalue weighted by Gasteiger charge is 2.20. The van der Waals surface area contributed by atoms with Gasteiger partial charge in [0.2, 0.25) is 0 Å². The second kappa shape index (κ2) is 11.1. The molecule has 0 aromatic heterocycles. The number of carboxylic acid groups (broad SMARTS) is 1. The summed E-state index contributed by atoms with van der Waals surface area (Å²) >= 11 is 0. The van der Waals surface area contributed by atoms with Gasteiger partial charge in [-0.1, -0.05) is 12.1 Å². The second-order valence-corrected chi connectivity index (χ2v) is 6.89. The van der Waals surface area contributed by atoms with Crippen molar-refractivity contribution in [1.29, 1.82) is 5.26 Å². The van der Waals surface area contributed by atoms with Gasteiger partial charge in [-0.25, -0.2) is 9.18 Å². The number of hydrogen-bond donors (Lipinski definition) is 2. The molecule has 0 bridgehead atoms. The lowest BCUT2D eigenvalue weighted by Gasteiger charge is -2.17. The largest absolute Gasteiger partial charge is 0.491 e. The van der Waals surface area contributed by atoms with Crippen molar-refractivity contribution in [3.8, 4) is 17.6 Å². The number of hydrogen-bond acceptors (Lipinski definition) is 6. The van der Waals surface area contributed by atoms with E-state index in [1.165, 1.54) is 12.1 Å². The molecule has 2 aromatic rings. The van der Waals surface area contributed by atoms with Gasteiger partial charge in [-0.05, 0) is 43.7 Å². The van der Waals surface area contributed by atoms with E-state index in [2.05, 4.69) is 0 Å². The molecule has 2 aromatic carbocycles. The Balaban J connectivity index is 1.86. The van der Waals surface area contributed by atoms with Crippen molar-refractivity contribution in [3.63, 3.8) is 0 Å². The third kappa shape index (κ3) is 7.35. The first-order valence-electron chi connectivity index (χ1n) is 9.39. The van der Waals surface area contributed by atoms with Crippen LogP contribution in [-0.2, 0) is 16.0 Å². The van der Waals surface area contributed by atoms with Crippen molar-refractivity contribution in [2.45, 2.75) is 38.6 Å². The Kier molecular flexibility index (Phi) is 8.59. The molecule has 2 atom stereocenters. The van der Waals surface area contributed by atoms with E-state index in [1.807, 2.05) is 0 Å². The number of carboxylic acids is 1. The number of nitriles is 1. The van der Waals surface area contributed by atoms with Crippen molar-refractivity contribution in [1.82, 2.24) is 0 Å². The summed E-state index contributed by atoms with van der Waals surface area (Å²) in [4.78, 5) is 11.3. The van der Waals surface area contributed by atoms with E-state index >= 15 is 0 Å². The van der Waals surface area contributed by atoms with Crippen molar-refractivity contribution < 1.29 is 33.6 Å². The lowest BCUT2D eigenvalue weighted by atomic mass is 10.1. The van der Waals surface area contributed by atoms with Gasteiger partial charge in [-0.3, -0.25) is 0 Å². The quantitative estimate of drug-likeness (QED) is 0.579. The molecule has 30 heavy (non-hydrogen) atoms. The van der Waals surface area contributed by atoms with Gasteiger partial charge in [0, 0.05) is 12.5 Å². The highest BCUT2D eigenvalue weighted by molar-refractivity contribution is 5.72. The topological polar surface area (TPSA) is 109 Å². The Morgan fingerprint density at radius 1 is 1.13 bits per heavy atom. The zero-order valence-corrected chi connectivity index (χ0v) is 16.7. The maximum absolute atomic E-state index is 13.6. The fraction of sp³-hybridized carbons (Fsp3) is 0.364. The van der Waals surface area contributed by atoms with Gasteiger partial charge in [-0.15, -0.1) is 0 Å². The Morgan fingerprint density at radius 3 is 2.37 bits per heavy atom. The van der Waals surface area contributed by atoms with Crippen LogP contribution in [0.4, 0.5) is 4.39 Å². The molecule has 0 aliphatic rings. The number of benzene rings is 2. The lowest BCUT2D eigenvalue weighted by molar-refractivity contribution is -0.153. The van der Waals surface area contributed by atoms with Crippen LogP contribution in [0.2, 0.25) is 0 Å². The van der Waals surface area contributed by atoms with Gasteiger partial charge in [0.15, 0.2) is 6.10 Å². The molecule has 0 saturated carbocycles. The zero-order chi connectivity index (χ0) is 22.1. The predicted molar refractivity (Wildman–Crippen MR) is 106 cm³/mol. The third-order valence-electron chi connectivity index (χ3n) is 3.98. The fourth-order valence-electron chi connectivity index (χ4n) is 2.61. The first kappa shape index (κ1) is 23.1. The van der Waals surface area contributed by atoms with Gasteiger partial charge in [-0.2, -0.15) is 5.26 Å². The monoisotopic (exact) mass is 417 g/mol. The Hall–Kier alpha value is -3.15. The molecule has 0 aliphatic heterocycles. The summed E-state index contributed by atoms with van der Waals surface area (Å²) in [7, 11) is 0. The van der Waals surface area contributed by atoms with Crippen LogP contribution in [0, 0.1) is 17.1 Å². The maximum Gasteiger partial charge on any atom is 0.333 e. The highest BCUT2D eigenvalue weighted by atomic mass is 19.1. The van der Waals surface area contributed by atoms with E-state index < -0.39 is 24.0 Å². The SMILES string of the molecule is CC(C)OC(Cc1cccc(OCC(O)COc2ccc(C#N)c(F)c2)c1)C(=O)O. The number of aliphatic hydroxyl groups is 1. The number of nitrogens with zero attached hydrogens (tertiary/aromatic N) is 1. The molecule has 0 heterocycles. The minimum Gasteiger partial charge on any atom is -0.491 e. The zero-order valence-electron chi connectivity index (χ0n) is 16.7. The van der Waals surface area contributed by atoms with Crippen LogP contribution in [-0.4, -0.2) is 47.7 Å². The van der Waals surface area contributed by atoms with Crippen LogP contribution in [0.15, 0.2) is 42.5 Å². The average Bonchev–Trinajstić information content (AvgIpc) is 2.70. The first-order valence-corrected chi connectivity index (χ1v) is 9.39. The van der Waals surface area contributed by atoms with Crippen molar-refractivity contribution >= 4 is 5.97 Å². The van der Waals surface area contributed by atoms with E-state index in [9.17, 15) is 19.4 Å². The number of halogens is 1. The van der Waals surface area contributed by atoms with Crippen LogP contribution in [0.5, 0.6) is 11.5 Å². The molecule has 0 fully saturated rings. The molecule has 2 N–H and O–H groups in total. The van der Waals surface area contributed by atoms with Crippen LogP contribution in [0.25, 0.3) is 0 Å². The minimum atomic E-state index is -1.04. The highest BCUT2D eigenvalue weighted by Crippen LogP contribution is 2.18. The molecule has 0 aliphatic carbocycles. The van der Waals surface area contributed by atoms with Gasteiger partial charge in [0.1, 0.15) is 42.7 Å². The van der Waals surface area contributed by atoms with E-state index in [1.54, 1.807) is 44.2 Å². The maximum atomic E-state index is 13.6. The lowest BCUT2D eigenvalue weighted by Crippen LogP contribution is -2.29. The molecule has 0 spiro atoms. The number of aliphatic carboxylic acids is 1. The van der Waals surface area contributed by atoms with E-state index in [0.717, 1.165) is 11.6 Å².